The van der Waals surface area contributed by atoms with Gasteiger partial charge in [0.1, 0.15) is 23.6 Å². The summed E-state index contributed by atoms with van der Waals surface area (Å²) < 4.78 is 87.4. The van der Waals surface area contributed by atoms with Gasteiger partial charge in [0.15, 0.2) is 9.84 Å². The van der Waals surface area contributed by atoms with Crippen molar-refractivity contribution in [3.8, 4) is 22.9 Å². The Morgan fingerprint density at radius 3 is 2.59 bits per heavy atom. The van der Waals surface area contributed by atoms with E-state index in [9.17, 15) is 21.6 Å². The zero-order valence-corrected chi connectivity index (χ0v) is 25.2. The average Bonchev–Trinajstić information content (AvgIpc) is 2.95. The summed E-state index contributed by atoms with van der Waals surface area (Å²) in [6.45, 7) is 4.96. The lowest BCUT2D eigenvalue weighted by molar-refractivity contribution is 0.0189. The molecule has 0 amide bonds. The highest BCUT2D eigenvalue weighted by Gasteiger charge is 2.27. The van der Waals surface area contributed by atoms with Crippen molar-refractivity contribution in [1.82, 2.24) is 25.3 Å². The number of rotatable bonds is 10. The Morgan fingerprint density at radius 1 is 1.07 bits per heavy atom. The van der Waals surface area contributed by atoms with Crippen molar-refractivity contribution < 1.29 is 30.7 Å². The molecule has 0 unspecified atom stereocenters. The van der Waals surface area contributed by atoms with Gasteiger partial charge < -0.3 is 15.4 Å². The van der Waals surface area contributed by atoms with E-state index >= 15 is 4.39 Å². The average molecular weight is 633 g/mol. The number of aryl methyl sites for hydroxylation is 2. The predicted molar refractivity (Wildman–Crippen MR) is 159 cm³/mol. The van der Waals surface area contributed by atoms with Crippen LogP contribution in [0.25, 0.3) is 22.0 Å². The Kier molecular flexibility index (Phi) is 9.02. The molecule has 5 rings (SSSR count). The molecule has 14 heteroatoms. The van der Waals surface area contributed by atoms with Gasteiger partial charge in [0.2, 0.25) is 17.8 Å². The minimum Gasteiger partial charge on any atom is -0.437 e. The molecular weight excluding hydrogens is 600 g/mol. The molecule has 2 aromatic carbocycles. The fourth-order valence-electron chi connectivity index (χ4n) is 4.99. The molecule has 44 heavy (non-hydrogen) atoms. The Hall–Kier alpha value is -3.91. The minimum atomic E-state index is -4.06. The van der Waals surface area contributed by atoms with Gasteiger partial charge in [0.25, 0.3) is 0 Å². The monoisotopic (exact) mass is 632 g/mol. The van der Waals surface area contributed by atoms with Crippen LogP contribution in [0.3, 0.4) is 0 Å². The number of nitrogens with one attached hydrogen (secondary N) is 2. The molecule has 234 valence electrons. The van der Waals surface area contributed by atoms with Gasteiger partial charge >= 0.3 is 0 Å². The lowest BCUT2D eigenvalue weighted by Crippen LogP contribution is -2.44. The van der Waals surface area contributed by atoms with Gasteiger partial charge in [-0.05, 0) is 49.9 Å². The summed E-state index contributed by atoms with van der Waals surface area (Å²) in [6.07, 6.45) is 1.57. The fraction of sp³-hybridized carbons (Fsp3) is 0.400. The molecule has 0 spiro atoms. The lowest BCUT2D eigenvalue weighted by Gasteiger charge is -2.26. The standard InChI is InChI=1S/C30H32F4N6O3S/c1-17-4-5-21-22(6-7-25(32)24(21)16-44(41,42)11-9-30(3,33)34)27(17)43-28-23(15-37-18(2)38-28)26-8-10-36-29(40-26)39-20-12-19(31)13-35-14-20/h4-8,10,15,19-20,35H,9,11-14,16H2,1-3H3,(H,36,39,40)/t19-,20-/m0/s1. The first-order chi connectivity index (χ1) is 20.8. The van der Waals surface area contributed by atoms with Crippen molar-refractivity contribution in [2.75, 3.05) is 24.2 Å². The molecule has 1 aliphatic heterocycles. The zero-order chi connectivity index (χ0) is 31.6. The largest absolute Gasteiger partial charge is 0.437 e. The van der Waals surface area contributed by atoms with Gasteiger partial charge in [-0.25, -0.2) is 40.9 Å². The summed E-state index contributed by atoms with van der Waals surface area (Å²) in [7, 11) is -4.06. The SMILES string of the molecule is Cc1ncc(-c2ccnc(N[C@@H]3CNC[C@@H](F)C3)n2)c(Oc2c(C)ccc3c(CS(=O)(=O)CCC(C)(F)F)c(F)ccc23)n1. The number of hydrogen-bond donors (Lipinski definition) is 2. The molecule has 4 aromatic rings. The highest BCUT2D eigenvalue weighted by atomic mass is 32.2. The molecule has 2 atom stereocenters. The van der Waals surface area contributed by atoms with E-state index in [4.69, 9.17) is 4.74 Å². The van der Waals surface area contributed by atoms with Crippen LogP contribution < -0.4 is 15.4 Å². The van der Waals surface area contributed by atoms with Crippen LogP contribution in [0, 0.1) is 19.7 Å². The van der Waals surface area contributed by atoms with Crippen LogP contribution in [0.1, 0.15) is 36.7 Å². The minimum absolute atomic E-state index is 0.134. The summed E-state index contributed by atoms with van der Waals surface area (Å²) in [5, 5.41) is 6.86. The van der Waals surface area contributed by atoms with Crippen molar-refractivity contribution in [1.29, 1.82) is 0 Å². The van der Waals surface area contributed by atoms with Crippen molar-refractivity contribution in [2.45, 2.75) is 57.5 Å². The molecule has 0 radical (unpaired) electrons. The third-order valence-electron chi connectivity index (χ3n) is 7.25. The molecule has 2 aromatic heterocycles. The van der Waals surface area contributed by atoms with Crippen LogP contribution in [0.2, 0.25) is 0 Å². The second kappa shape index (κ2) is 12.6. The number of ether oxygens (including phenoxy) is 1. The second-order valence-electron chi connectivity index (χ2n) is 11.1. The second-order valence-corrected chi connectivity index (χ2v) is 13.3. The van der Waals surface area contributed by atoms with Gasteiger partial charge in [-0.2, -0.15) is 4.98 Å². The molecule has 9 nitrogen and oxygen atoms in total. The molecule has 0 saturated carbocycles. The van der Waals surface area contributed by atoms with Gasteiger partial charge in [-0.15, -0.1) is 0 Å². The van der Waals surface area contributed by atoms with Crippen LogP contribution in [0.4, 0.5) is 23.5 Å². The third kappa shape index (κ3) is 7.59. The number of alkyl halides is 3. The first-order valence-electron chi connectivity index (χ1n) is 14.0. The molecule has 0 bridgehead atoms. The van der Waals surface area contributed by atoms with Gasteiger partial charge in [0.05, 0.1) is 22.8 Å². The number of piperidine rings is 1. The molecule has 3 heterocycles. The van der Waals surface area contributed by atoms with Gasteiger partial charge in [-0.1, -0.05) is 12.1 Å². The topological polar surface area (TPSA) is 119 Å². The smallest absolute Gasteiger partial charge is 0.246 e. The zero-order valence-electron chi connectivity index (χ0n) is 24.4. The lowest BCUT2D eigenvalue weighted by atomic mass is 10.0. The molecule has 2 N–H and O–H groups in total. The van der Waals surface area contributed by atoms with Crippen molar-refractivity contribution >= 4 is 26.6 Å². The van der Waals surface area contributed by atoms with Gasteiger partial charge in [-0.3, -0.25) is 0 Å². The van der Waals surface area contributed by atoms with Gasteiger partial charge in [0, 0.05) is 55.3 Å². The summed E-state index contributed by atoms with van der Waals surface area (Å²) in [5.41, 5.74) is 1.38. The van der Waals surface area contributed by atoms with Crippen LogP contribution in [-0.4, -0.2) is 65.3 Å². The molecule has 1 aliphatic rings. The van der Waals surface area contributed by atoms with Crippen LogP contribution in [0.5, 0.6) is 11.6 Å². The van der Waals surface area contributed by atoms with Crippen LogP contribution in [-0.2, 0) is 15.6 Å². The molecular formula is C30H32F4N6O3S. The highest BCUT2D eigenvalue weighted by molar-refractivity contribution is 7.90. The number of fused-ring (bicyclic) bond motifs is 1. The number of halogens is 4. The quantitative estimate of drug-likeness (QED) is 0.212. The maximum Gasteiger partial charge on any atom is 0.246 e. The molecule has 1 fully saturated rings. The Balaban J connectivity index is 1.50. The number of nitrogens with zero attached hydrogens (tertiary/aromatic N) is 4. The van der Waals surface area contributed by atoms with E-state index < -0.39 is 45.7 Å². The summed E-state index contributed by atoms with van der Waals surface area (Å²) in [6, 6.07) is 7.29. The Morgan fingerprint density at radius 2 is 1.84 bits per heavy atom. The number of hydrogen-bond acceptors (Lipinski definition) is 9. The van der Waals surface area contributed by atoms with E-state index in [1.54, 1.807) is 44.4 Å². The maximum absolute atomic E-state index is 15.0. The molecule has 1 saturated heterocycles. The normalized spacial score (nSPS) is 17.5. The van der Waals surface area contributed by atoms with E-state index in [1.807, 2.05) is 0 Å². The van der Waals surface area contributed by atoms with E-state index in [0.29, 0.717) is 66.2 Å². The van der Waals surface area contributed by atoms with Crippen LogP contribution >= 0.6 is 0 Å². The highest BCUT2D eigenvalue weighted by Crippen LogP contribution is 2.38. The van der Waals surface area contributed by atoms with Crippen molar-refractivity contribution in [3.05, 3.63) is 65.5 Å². The molecule has 0 aliphatic carbocycles. The Labute approximate surface area is 252 Å². The van der Waals surface area contributed by atoms with Crippen molar-refractivity contribution in [3.63, 3.8) is 0 Å². The Bertz CT molecular complexity index is 1790. The first-order valence-corrected chi connectivity index (χ1v) is 15.9. The van der Waals surface area contributed by atoms with E-state index in [-0.39, 0.29) is 22.9 Å². The summed E-state index contributed by atoms with van der Waals surface area (Å²) in [4.78, 5) is 17.6. The number of sulfone groups is 1. The third-order valence-corrected chi connectivity index (χ3v) is 8.81. The summed E-state index contributed by atoms with van der Waals surface area (Å²) >= 11 is 0. The summed E-state index contributed by atoms with van der Waals surface area (Å²) in [5.74, 6) is -4.33. The number of benzene rings is 2. The predicted octanol–water partition coefficient (Wildman–Crippen LogP) is 5.71. The number of aromatic nitrogens is 4. The number of anilines is 1. The van der Waals surface area contributed by atoms with E-state index in [0.717, 1.165) is 6.07 Å². The van der Waals surface area contributed by atoms with E-state index in [1.165, 1.54) is 6.07 Å². The van der Waals surface area contributed by atoms with E-state index in [2.05, 4.69) is 30.6 Å². The van der Waals surface area contributed by atoms with Crippen molar-refractivity contribution in [2.24, 2.45) is 0 Å². The first kappa shape index (κ1) is 31.5. The maximum atomic E-state index is 15.0. The van der Waals surface area contributed by atoms with Crippen LogP contribution in [0.15, 0.2) is 42.7 Å². The fourth-order valence-corrected chi connectivity index (χ4v) is 6.54.